The molecule has 0 unspecified atom stereocenters. The van der Waals surface area contributed by atoms with Crippen molar-refractivity contribution in [3.8, 4) is 5.75 Å². The summed E-state index contributed by atoms with van der Waals surface area (Å²) in [5.74, 6) is 2.77. The van der Waals surface area contributed by atoms with E-state index in [0.29, 0.717) is 0 Å². The van der Waals surface area contributed by atoms with Crippen LogP contribution < -0.4 is 9.64 Å². The normalized spacial score (nSPS) is 26.5. The molecule has 1 aliphatic rings. The number of ether oxygens (including phenoxy) is 1. The van der Waals surface area contributed by atoms with Crippen LogP contribution in [0, 0.1) is 18.8 Å². The molecule has 2 nitrogen and oxygen atoms in total. The van der Waals surface area contributed by atoms with E-state index in [2.05, 4.69) is 48.8 Å². The number of hydrogen-bond acceptors (Lipinski definition) is 1. The number of quaternary nitrogens is 1. The molecule has 0 saturated carbocycles. The first-order chi connectivity index (χ1) is 9.54. The number of nitrogens with one attached hydrogen (secondary N) is 1. The van der Waals surface area contributed by atoms with Crippen LogP contribution >= 0.6 is 15.9 Å². The maximum Gasteiger partial charge on any atom is 0.122 e. The highest BCUT2D eigenvalue weighted by Crippen LogP contribution is 2.22. The lowest BCUT2D eigenvalue weighted by Gasteiger charge is -2.32. The maximum absolute atomic E-state index is 5.90. The Bertz CT molecular complexity index is 425. The molecule has 0 aromatic heterocycles. The molecule has 1 aromatic rings. The summed E-state index contributed by atoms with van der Waals surface area (Å²) >= 11 is 3.48. The van der Waals surface area contributed by atoms with Crippen LogP contribution in [0.3, 0.4) is 0 Å². The molecule has 0 radical (unpaired) electrons. The van der Waals surface area contributed by atoms with E-state index in [1.54, 1.807) is 4.90 Å². The van der Waals surface area contributed by atoms with Gasteiger partial charge in [-0.15, -0.1) is 0 Å². The van der Waals surface area contributed by atoms with E-state index in [4.69, 9.17) is 4.74 Å². The molecule has 3 heteroatoms. The quantitative estimate of drug-likeness (QED) is 0.813. The molecule has 1 aliphatic heterocycles. The summed E-state index contributed by atoms with van der Waals surface area (Å²) in [4.78, 5) is 1.76. The number of rotatable bonds is 5. The first-order valence-electron chi connectivity index (χ1n) is 7.77. The standard InChI is InChI=1S/C17H26BrNO/c1-13-9-14(2)12-19(11-13)7-4-8-20-17-6-5-16(18)10-15(17)3/h5-6,10,13-14H,4,7-9,11-12H2,1-3H3/p+1/t13-,14-/m0/s1. The van der Waals surface area contributed by atoms with Crippen LogP contribution in [-0.2, 0) is 0 Å². The predicted octanol–water partition coefficient (Wildman–Crippen LogP) is 3.09. The van der Waals surface area contributed by atoms with Crippen LogP contribution in [-0.4, -0.2) is 26.2 Å². The lowest BCUT2D eigenvalue weighted by molar-refractivity contribution is -0.912. The van der Waals surface area contributed by atoms with Crippen molar-refractivity contribution in [1.29, 1.82) is 0 Å². The smallest absolute Gasteiger partial charge is 0.122 e. The molecule has 1 aromatic carbocycles. The second-order valence-electron chi connectivity index (χ2n) is 6.47. The van der Waals surface area contributed by atoms with Crippen LogP contribution in [0.25, 0.3) is 0 Å². The number of aryl methyl sites for hydroxylation is 1. The third kappa shape index (κ3) is 4.78. The van der Waals surface area contributed by atoms with Crippen LogP contribution in [0.4, 0.5) is 0 Å². The summed E-state index contributed by atoms with van der Waals surface area (Å²) in [6.45, 7) is 11.6. The summed E-state index contributed by atoms with van der Waals surface area (Å²) in [6.07, 6.45) is 2.54. The summed E-state index contributed by atoms with van der Waals surface area (Å²) in [5, 5.41) is 0. The van der Waals surface area contributed by atoms with Gasteiger partial charge >= 0.3 is 0 Å². The maximum atomic E-state index is 5.90. The van der Waals surface area contributed by atoms with Crippen LogP contribution in [0.2, 0.25) is 0 Å². The molecule has 2 atom stereocenters. The molecule has 20 heavy (non-hydrogen) atoms. The average Bonchev–Trinajstić information content (AvgIpc) is 2.35. The second-order valence-corrected chi connectivity index (χ2v) is 7.38. The number of likely N-dealkylation sites (tertiary alicyclic amines) is 1. The summed E-state index contributed by atoms with van der Waals surface area (Å²) in [7, 11) is 0. The van der Waals surface area contributed by atoms with E-state index in [-0.39, 0.29) is 0 Å². The summed E-state index contributed by atoms with van der Waals surface area (Å²) in [5.41, 5.74) is 1.20. The van der Waals surface area contributed by atoms with Crippen molar-refractivity contribution in [3.05, 3.63) is 28.2 Å². The molecule has 0 amide bonds. The van der Waals surface area contributed by atoms with Gasteiger partial charge in [0.15, 0.2) is 0 Å². The Morgan fingerprint density at radius 1 is 1.25 bits per heavy atom. The van der Waals surface area contributed by atoms with E-state index >= 15 is 0 Å². The zero-order valence-electron chi connectivity index (χ0n) is 12.9. The molecule has 1 N–H and O–H groups in total. The minimum Gasteiger partial charge on any atom is -0.493 e. The Morgan fingerprint density at radius 2 is 1.95 bits per heavy atom. The number of hydrogen-bond donors (Lipinski definition) is 1. The van der Waals surface area contributed by atoms with Gasteiger partial charge in [0.2, 0.25) is 0 Å². The van der Waals surface area contributed by atoms with Gasteiger partial charge in [0.1, 0.15) is 5.75 Å². The minimum absolute atomic E-state index is 0.828. The molecule has 1 fully saturated rings. The highest BCUT2D eigenvalue weighted by Gasteiger charge is 2.24. The second kappa shape index (κ2) is 7.46. The van der Waals surface area contributed by atoms with Gasteiger partial charge in [-0.2, -0.15) is 0 Å². The largest absolute Gasteiger partial charge is 0.493 e. The topological polar surface area (TPSA) is 13.7 Å². The van der Waals surface area contributed by atoms with Crippen molar-refractivity contribution >= 4 is 15.9 Å². The lowest BCUT2D eigenvalue weighted by atomic mass is 9.92. The van der Waals surface area contributed by atoms with Gasteiger partial charge in [0.25, 0.3) is 0 Å². The molecule has 0 bridgehead atoms. The van der Waals surface area contributed by atoms with Gasteiger partial charge in [-0.25, -0.2) is 0 Å². The average molecular weight is 341 g/mol. The fourth-order valence-electron chi connectivity index (χ4n) is 3.41. The van der Waals surface area contributed by atoms with Gasteiger partial charge < -0.3 is 9.64 Å². The third-order valence-electron chi connectivity index (χ3n) is 4.15. The minimum atomic E-state index is 0.828. The van der Waals surface area contributed by atoms with Crippen molar-refractivity contribution in [1.82, 2.24) is 0 Å². The molecule has 1 saturated heterocycles. The molecule has 112 valence electrons. The summed E-state index contributed by atoms with van der Waals surface area (Å²) < 4.78 is 7.02. The molecule has 1 heterocycles. The summed E-state index contributed by atoms with van der Waals surface area (Å²) in [6, 6.07) is 6.20. The third-order valence-corrected chi connectivity index (χ3v) is 4.64. The fraction of sp³-hybridized carbons (Fsp3) is 0.647. The van der Waals surface area contributed by atoms with Gasteiger partial charge in [-0.3, -0.25) is 0 Å². The first kappa shape index (κ1) is 15.8. The lowest BCUT2D eigenvalue weighted by Crippen LogP contribution is -3.14. The predicted molar refractivity (Wildman–Crippen MR) is 87.5 cm³/mol. The molecule has 0 spiro atoms. The Kier molecular flexibility index (Phi) is 5.91. The Balaban J connectivity index is 1.71. The van der Waals surface area contributed by atoms with Gasteiger partial charge in [0.05, 0.1) is 26.2 Å². The van der Waals surface area contributed by atoms with E-state index in [1.165, 1.54) is 31.6 Å². The van der Waals surface area contributed by atoms with Gasteiger partial charge in [0, 0.05) is 22.7 Å². The zero-order valence-corrected chi connectivity index (χ0v) is 14.5. The SMILES string of the molecule is Cc1cc(Br)ccc1OCCC[NH+]1C[C@@H](C)C[C@H](C)C1. The Morgan fingerprint density at radius 3 is 2.60 bits per heavy atom. The van der Waals surface area contributed by atoms with Crippen molar-refractivity contribution in [2.45, 2.75) is 33.6 Å². The Labute approximate surface area is 131 Å². The van der Waals surface area contributed by atoms with Crippen molar-refractivity contribution in [3.63, 3.8) is 0 Å². The van der Waals surface area contributed by atoms with E-state index in [0.717, 1.165) is 35.1 Å². The number of benzene rings is 1. The van der Waals surface area contributed by atoms with Crippen molar-refractivity contribution in [2.75, 3.05) is 26.2 Å². The number of halogens is 1. The highest BCUT2D eigenvalue weighted by molar-refractivity contribution is 9.10. The molecule has 0 aliphatic carbocycles. The van der Waals surface area contributed by atoms with Crippen LogP contribution in [0.15, 0.2) is 22.7 Å². The van der Waals surface area contributed by atoms with E-state index in [9.17, 15) is 0 Å². The van der Waals surface area contributed by atoms with E-state index in [1.807, 2.05) is 6.07 Å². The monoisotopic (exact) mass is 340 g/mol. The van der Waals surface area contributed by atoms with Gasteiger partial charge in [-0.1, -0.05) is 29.8 Å². The Hall–Kier alpha value is -0.540. The molecule has 2 rings (SSSR count). The van der Waals surface area contributed by atoms with Crippen LogP contribution in [0.1, 0.15) is 32.3 Å². The van der Waals surface area contributed by atoms with Crippen LogP contribution in [0.5, 0.6) is 5.75 Å². The van der Waals surface area contributed by atoms with Crippen molar-refractivity contribution in [2.24, 2.45) is 11.8 Å². The molecular formula is C17H27BrNO+. The fourth-order valence-corrected chi connectivity index (χ4v) is 3.88. The molecular weight excluding hydrogens is 314 g/mol. The highest BCUT2D eigenvalue weighted by atomic mass is 79.9. The van der Waals surface area contributed by atoms with Gasteiger partial charge in [-0.05, 0) is 37.1 Å². The first-order valence-corrected chi connectivity index (χ1v) is 8.56. The van der Waals surface area contributed by atoms with Crippen molar-refractivity contribution < 1.29 is 9.64 Å². The zero-order chi connectivity index (χ0) is 14.5. The number of piperidine rings is 1. The van der Waals surface area contributed by atoms with E-state index < -0.39 is 0 Å².